The van der Waals surface area contributed by atoms with Crippen LogP contribution < -0.4 is 35.7 Å². The van der Waals surface area contributed by atoms with Crippen LogP contribution in [0.2, 0.25) is 0 Å². The van der Waals surface area contributed by atoms with Crippen LogP contribution in [0.4, 0.5) is 0 Å². The minimum Gasteiger partial charge on any atom is -0.550 e. The Morgan fingerprint density at radius 2 is 0.333 bits per heavy atom. The first-order valence-corrected chi connectivity index (χ1v) is 6.36. The number of carbonyl (C=O) groups is 7. The first kappa shape index (κ1) is 56.5. The van der Waals surface area contributed by atoms with Gasteiger partial charge in [-0.2, -0.15) is 0 Å². The fourth-order valence-electron chi connectivity index (χ4n) is 0. The molecule has 168 valence electrons. The van der Waals surface area contributed by atoms with Gasteiger partial charge in [-0.25, -0.2) is 0 Å². The Morgan fingerprint density at radius 1 is 0.333 bits per heavy atom. The van der Waals surface area contributed by atoms with Crippen LogP contribution in [0.3, 0.4) is 0 Å². The SMILES string of the molecule is CC(=O)[O-].CC(=O)[O-].CC(=O)[O-].CC(=O)[O-].CC(=O)[O-].CC(=O)[O-].CC(=O)[O-].[Al+3].[Zr+4]. The van der Waals surface area contributed by atoms with Gasteiger partial charge in [0.25, 0.3) is 0 Å². The topological polar surface area (TPSA) is 281 Å². The zero-order chi connectivity index (χ0) is 25.0. The zero-order valence-corrected chi connectivity index (χ0v) is 20.9. The van der Waals surface area contributed by atoms with Crippen molar-refractivity contribution >= 4 is 59.1 Å². The van der Waals surface area contributed by atoms with Gasteiger partial charge in [0.05, 0.1) is 0 Å². The molecule has 0 heterocycles. The standard InChI is InChI=1S/7C2H4O2.Al.Zr/c7*1-2(3)4;;/h7*1H3,(H,3,4);;/q;;;;;;;+3;+4/p-7. The Bertz CT molecular complexity index is 320. The van der Waals surface area contributed by atoms with Gasteiger partial charge >= 0.3 is 43.6 Å². The van der Waals surface area contributed by atoms with Gasteiger partial charge in [-0.05, 0) is 48.5 Å². The van der Waals surface area contributed by atoms with E-state index in [4.69, 9.17) is 69.3 Å². The minimum atomic E-state index is -1.08. The normalized spacial score (nSPS) is 5.83. The number of hydrogen-bond donors (Lipinski definition) is 0. The van der Waals surface area contributed by atoms with E-state index in [1.807, 2.05) is 0 Å². The van der Waals surface area contributed by atoms with E-state index in [2.05, 4.69) is 0 Å². The van der Waals surface area contributed by atoms with Crippen molar-refractivity contribution in [2.45, 2.75) is 48.5 Å². The van der Waals surface area contributed by atoms with E-state index in [1.54, 1.807) is 0 Å². The third kappa shape index (κ3) is 2980. The van der Waals surface area contributed by atoms with Gasteiger partial charge in [-0.15, -0.1) is 0 Å². The van der Waals surface area contributed by atoms with Crippen LogP contribution in [-0.4, -0.2) is 59.1 Å². The average Bonchev–Trinajstić information content (AvgIpc) is 2.20. The molecule has 0 rings (SSSR count). The molecule has 0 saturated heterocycles. The number of rotatable bonds is 0. The molecule has 0 aliphatic heterocycles. The molecule has 0 amide bonds. The van der Waals surface area contributed by atoms with Gasteiger partial charge in [0.1, 0.15) is 0 Å². The molecule has 0 aromatic heterocycles. The molecule has 0 spiro atoms. The maximum atomic E-state index is 8.89. The summed E-state index contributed by atoms with van der Waals surface area (Å²) in [5.74, 6) is -7.58. The molecule has 0 bridgehead atoms. The predicted molar refractivity (Wildman–Crippen MR) is 80.5 cm³/mol. The van der Waals surface area contributed by atoms with E-state index >= 15 is 0 Å². The summed E-state index contributed by atoms with van der Waals surface area (Å²) < 4.78 is 0. The molecule has 0 aromatic rings. The number of hydrogen-bond acceptors (Lipinski definition) is 14. The third-order valence-electron chi connectivity index (χ3n) is 0. The van der Waals surface area contributed by atoms with Gasteiger partial charge in [-0.1, -0.05) is 0 Å². The van der Waals surface area contributed by atoms with Crippen molar-refractivity contribution in [2.24, 2.45) is 0 Å². The summed E-state index contributed by atoms with van der Waals surface area (Å²) in [6.07, 6.45) is 0. The molecule has 0 saturated carbocycles. The predicted octanol–water partition coefficient (Wildman–Crippen LogP) is -9.09. The van der Waals surface area contributed by atoms with E-state index in [0.29, 0.717) is 0 Å². The summed E-state index contributed by atoms with van der Waals surface area (Å²) in [6.45, 7) is 6.81. The quantitative estimate of drug-likeness (QED) is 0.262. The molecule has 30 heavy (non-hydrogen) atoms. The maximum Gasteiger partial charge on any atom is 4.00 e. The van der Waals surface area contributed by atoms with Crippen molar-refractivity contribution in [1.82, 2.24) is 0 Å². The first-order valence-electron chi connectivity index (χ1n) is 6.36. The van der Waals surface area contributed by atoms with Crippen LogP contribution in [0.25, 0.3) is 0 Å². The van der Waals surface area contributed by atoms with Crippen molar-refractivity contribution < 1.29 is 95.5 Å². The summed E-state index contributed by atoms with van der Waals surface area (Å²) in [4.78, 5) is 62.2. The Hall–Kier alpha value is -2.29. The molecular formula is C14H21AlO14Zr. The van der Waals surface area contributed by atoms with Gasteiger partial charge < -0.3 is 69.3 Å². The molecule has 0 fully saturated rings. The zero-order valence-electron chi connectivity index (χ0n) is 17.3. The summed E-state index contributed by atoms with van der Waals surface area (Å²) in [5, 5.41) is 62.2. The number of carboxylic acid groups (broad SMARTS) is 7. The van der Waals surface area contributed by atoms with Gasteiger partial charge in [0.2, 0.25) is 0 Å². The van der Waals surface area contributed by atoms with Crippen LogP contribution in [0, 0.1) is 0 Å². The molecule has 0 unspecified atom stereocenters. The number of aliphatic carboxylic acids is 7. The van der Waals surface area contributed by atoms with Crippen LogP contribution in [0.15, 0.2) is 0 Å². The molecular weight excluding hydrogens is 510 g/mol. The molecule has 14 nitrogen and oxygen atoms in total. The largest absolute Gasteiger partial charge is 4.00 e. The van der Waals surface area contributed by atoms with Crippen LogP contribution in [-0.2, 0) is 59.8 Å². The van der Waals surface area contributed by atoms with Gasteiger partial charge in [-0.3, -0.25) is 0 Å². The van der Waals surface area contributed by atoms with E-state index in [9.17, 15) is 0 Å². The van der Waals surface area contributed by atoms with Crippen LogP contribution in [0.1, 0.15) is 48.5 Å². The second-order valence-electron chi connectivity index (χ2n) is 3.44. The molecule has 16 heteroatoms. The van der Waals surface area contributed by atoms with Crippen molar-refractivity contribution in [3.05, 3.63) is 0 Å². The van der Waals surface area contributed by atoms with Crippen molar-refractivity contribution in [3.8, 4) is 0 Å². The second kappa shape index (κ2) is 50.4. The van der Waals surface area contributed by atoms with Crippen LogP contribution >= 0.6 is 0 Å². The molecule has 0 aliphatic carbocycles. The molecule has 0 atom stereocenters. The fraction of sp³-hybridized carbons (Fsp3) is 0.500. The fourth-order valence-corrected chi connectivity index (χ4v) is 0. The molecule has 0 N–H and O–H groups in total. The third-order valence-corrected chi connectivity index (χ3v) is 0. The average molecular weight is 532 g/mol. The number of carboxylic acids is 7. The Labute approximate surface area is 202 Å². The van der Waals surface area contributed by atoms with Crippen molar-refractivity contribution in [1.29, 1.82) is 0 Å². The summed E-state index contributed by atoms with van der Waals surface area (Å²) in [7, 11) is 0. The van der Waals surface area contributed by atoms with E-state index in [1.165, 1.54) is 0 Å². The Balaban J connectivity index is -0.0000000242. The van der Waals surface area contributed by atoms with Gasteiger partial charge in [0, 0.05) is 41.8 Å². The summed E-state index contributed by atoms with van der Waals surface area (Å²) in [5.41, 5.74) is 0. The van der Waals surface area contributed by atoms with E-state index in [0.717, 1.165) is 48.5 Å². The molecule has 0 aromatic carbocycles. The van der Waals surface area contributed by atoms with Crippen LogP contribution in [0.5, 0.6) is 0 Å². The van der Waals surface area contributed by atoms with Crippen molar-refractivity contribution in [2.75, 3.05) is 0 Å². The van der Waals surface area contributed by atoms with Crippen molar-refractivity contribution in [3.63, 3.8) is 0 Å². The Kier molecular flexibility index (Phi) is 94.9. The smallest absolute Gasteiger partial charge is 0.550 e. The second-order valence-corrected chi connectivity index (χ2v) is 3.44. The summed E-state index contributed by atoms with van der Waals surface area (Å²) >= 11 is 0. The van der Waals surface area contributed by atoms with E-state index in [-0.39, 0.29) is 43.6 Å². The minimum absolute atomic E-state index is 0. The first-order chi connectivity index (χ1) is 12.1. The maximum absolute atomic E-state index is 8.89. The molecule has 0 aliphatic rings. The Morgan fingerprint density at radius 3 is 0.333 bits per heavy atom. The van der Waals surface area contributed by atoms with E-state index < -0.39 is 41.8 Å². The van der Waals surface area contributed by atoms with Gasteiger partial charge in [0.15, 0.2) is 0 Å². The number of carbonyl (C=O) groups excluding carboxylic acids is 7. The summed E-state index contributed by atoms with van der Waals surface area (Å²) in [6, 6.07) is 0. The monoisotopic (exact) mass is 530 g/mol. The molecule has 0 radical (unpaired) electrons.